The lowest BCUT2D eigenvalue weighted by atomic mass is 9.87. The molecule has 3 fully saturated rings. The van der Waals surface area contributed by atoms with Crippen LogP contribution in [0, 0.1) is 17.8 Å². The van der Waals surface area contributed by atoms with E-state index in [9.17, 15) is 14.4 Å². The SMILES string of the molecule is CN1C(C)(C)CC(COC(=O)Cc2ccc(CC(=O)OCC3CC(C)(C)N(C)C3(C)C)c(CC(=O)OCC3CC(C)(C)N(C)C3(C)C)c2)C1(C)C. The van der Waals surface area contributed by atoms with E-state index in [0.717, 1.165) is 24.8 Å². The van der Waals surface area contributed by atoms with Gasteiger partial charge in [0.15, 0.2) is 0 Å². The molecule has 9 heteroatoms. The fourth-order valence-corrected chi connectivity index (χ4v) is 9.26. The quantitative estimate of drug-likeness (QED) is 0.179. The molecule has 0 aliphatic carbocycles. The second-order valence-electron chi connectivity index (χ2n) is 19.5. The molecule has 0 N–H and O–H groups in total. The first kappa shape index (κ1) is 41.3. The van der Waals surface area contributed by atoms with Gasteiger partial charge in [0.05, 0.1) is 39.1 Å². The van der Waals surface area contributed by atoms with Gasteiger partial charge in [0, 0.05) is 51.0 Å². The molecule has 0 saturated carbocycles. The normalized spacial score (nSPS) is 27.7. The molecule has 0 spiro atoms. The Labute approximate surface area is 309 Å². The maximum Gasteiger partial charge on any atom is 0.310 e. The summed E-state index contributed by atoms with van der Waals surface area (Å²) < 4.78 is 17.6. The Morgan fingerprint density at radius 3 is 1.16 bits per heavy atom. The summed E-state index contributed by atoms with van der Waals surface area (Å²) >= 11 is 0. The molecule has 0 bridgehead atoms. The molecule has 0 aromatic heterocycles. The smallest absolute Gasteiger partial charge is 0.310 e. The van der Waals surface area contributed by atoms with Gasteiger partial charge in [0.2, 0.25) is 0 Å². The molecular formula is C42H69N3O6. The molecule has 4 rings (SSSR count). The summed E-state index contributed by atoms with van der Waals surface area (Å²) in [5.74, 6) is -0.367. The summed E-state index contributed by atoms with van der Waals surface area (Å²) in [5.41, 5.74) is 1.86. The van der Waals surface area contributed by atoms with Crippen LogP contribution < -0.4 is 0 Å². The molecule has 3 aliphatic rings. The number of hydrogen-bond acceptors (Lipinski definition) is 9. The molecule has 0 radical (unpaired) electrons. The zero-order valence-electron chi connectivity index (χ0n) is 34.6. The van der Waals surface area contributed by atoms with Crippen LogP contribution in [0.5, 0.6) is 0 Å². The Hall–Kier alpha value is -2.49. The maximum atomic E-state index is 13.4. The lowest BCUT2D eigenvalue weighted by molar-refractivity contribution is -0.146. The Balaban J connectivity index is 1.45. The van der Waals surface area contributed by atoms with E-state index >= 15 is 0 Å². The molecule has 51 heavy (non-hydrogen) atoms. The van der Waals surface area contributed by atoms with E-state index in [2.05, 4.69) is 119 Å². The van der Waals surface area contributed by atoms with Crippen LogP contribution in [-0.4, -0.2) is 107 Å². The molecule has 0 amide bonds. The fraction of sp³-hybridized carbons (Fsp3) is 0.786. The molecule has 3 saturated heterocycles. The topological polar surface area (TPSA) is 88.6 Å². The molecule has 1 aromatic carbocycles. The van der Waals surface area contributed by atoms with Gasteiger partial charge in [-0.05, 0) is 140 Å². The van der Waals surface area contributed by atoms with Gasteiger partial charge in [-0.3, -0.25) is 29.1 Å². The second kappa shape index (κ2) is 14.4. The summed E-state index contributed by atoms with van der Waals surface area (Å²) in [4.78, 5) is 46.9. The first-order valence-electron chi connectivity index (χ1n) is 19.0. The van der Waals surface area contributed by atoms with Gasteiger partial charge in [-0.15, -0.1) is 0 Å². The van der Waals surface area contributed by atoms with E-state index in [-0.39, 0.29) is 88.2 Å². The van der Waals surface area contributed by atoms with Crippen molar-refractivity contribution >= 4 is 17.9 Å². The van der Waals surface area contributed by atoms with Gasteiger partial charge in [-0.1, -0.05) is 18.2 Å². The van der Waals surface area contributed by atoms with Crippen LogP contribution in [0.4, 0.5) is 0 Å². The molecule has 3 aliphatic heterocycles. The highest BCUT2D eigenvalue weighted by Gasteiger charge is 2.51. The van der Waals surface area contributed by atoms with E-state index in [1.807, 2.05) is 18.2 Å². The summed E-state index contributed by atoms with van der Waals surface area (Å²) in [5, 5.41) is 0. The van der Waals surface area contributed by atoms with Crippen molar-refractivity contribution in [1.29, 1.82) is 0 Å². The second-order valence-corrected chi connectivity index (χ2v) is 19.5. The highest BCUT2D eigenvalue weighted by molar-refractivity contribution is 5.77. The third-order valence-corrected chi connectivity index (χ3v) is 14.2. The predicted molar refractivity (Wildman–Crippen MR) is 203 cm³/mol. The lowest BCUT2D eigenvalue weighted by Crippen LogP contribution is -2.47. The summed E-state index contributed by atoms with van der Waals surface area (Å²) in [6.45, 7) is 27.6. The maximum absolute atomic E-state index is 13.4. The van der Waals surface area contributed by atoms with Crippen LogP contribution in [0.15, 0.2) is 18.2 Å². The minimum absolute atomic E-state index is 0.00417. The van der Waals surface area contributed by atoms with E-state index in [0.29, 0.717) is 30.9 Å². The van der Waals surface area contributed by atoms with Gasteiger partial charge in [0.25, 0.3) is 0 Å². The van der Waals surface area contributed by atoms with Crippen molar-refractivity contribution in [1.82, 2.24) is 14.7 Å². The number of carbonyl (C=O) groups is 3. The van der Waals surface area contributed by atoms with E-state index < -0.39 is 0 Å². The average molecular weight is 712 g/mol. The number of carbonyl (C=O) groups excluding carboxylic acids is 3. The predicted octanol–water partition coefficient (Wildman–Crippen LogP) is 6.47. The van der Waals surface area contributed by atoms with Crippen molar-refractivity contribution in [2.24, 2.45) is 17.8 Å². The zero-order valence-corrected chi connectivity index (χ0v) is 34.6. The molecule has 3 heterocycles. The Kier molecular flexibility index (Phi) is 11.6. The van der Waals surface area contributed by atoms with Crippen LogP contribution in [0.25, 0.3) is 0 Å². The first-order valence-corrected chi connectivity index (χ1v) is 19.0. The van der Waals surface area contributed by atoms with Crippen molar-refractivity contribution in [2.45, 2.75) is 155 Å². The molecule has 288 valence electrons. The molecular weight excluding hydrogens is 642 g/mol. The Morgan fingerprint density at radius 1 is 0.529 bits per heavy atom. The Morgan fingerprint density at radius 2 is 0.843 bits per heavy atom. The lowest BCUT2D eigenvalue weighted by Gasteiger charge is -2.38. The zero-order chi connectivity index (χ0) is 38.5. The van der Waals surface area contributed by atoms with Crippen molar-refractivity contribution in [2.75, 3.05) is 41.0 Å². The highest BCUT2D eigenvalue weighted by atomic mass is 16.5. The summed E-state index contributed by atoms with van der Waals surface area (Å²) in [6.07, 6.45) is 2.92. The summed E-state index contributed by atoms with van der Waals surface area (Å²) in [7, 11) is 6.39. The summed E-state index contributed by atoms with van der Waals surface area (Å²) in [6, 6.07) is 5.55. The average Bonchev–Trinajstić information content (AvgIpc) is 3.36. The largest absolute Gasteiger partial charge is 0.465 e. The Bertz CT molecular complexity index is 1460. The van der Waals surface area contributed by atoms with E-state index in [4.69, 9.17) is 14.2 Å². The fourth-order valence-electron chi connectivity index (χ4n) is 9.26. The monoisotopic (exact) mass is 712 g/mol. The van der Waals surface area contributed by atoms with Crippen LogP contribution in [0.1, 0.15) is 119 Å². The number of benzene rings is 1. The number of nitrogens with zero attached hydrogens (tertiary/aromatic N) is 3. The van der Waals surface area contributed by atoms with Crippen LogP contribution in [0.3, 0.4) is 0 Å². The van der Waals surface area contributed by atoms with Crippen molar-refractivity contribution in [3.63, 3.8) is 0 Å². The highest BCUT2D eigenvalue weighted by Crippen LogP contribution is 2.45. The van der Waals surface area contributed by atoms with Gasteiger partial charge < -0.3 is 14.2 Å². The molecule has 3 atom stereocenters. The van der Waals surface area contributed by atoms with Crippen molar-refractivity contribution in [3.8, 4) is 0 Å². The van der Waals surface area contributed by atoms with Gasteiger partial charge in [-0.25, -0.2) is 0 Å². The number of ether oxygens (including phenoxy) is 3. The van der Waals surface area contributed by atoms with Gasteiger partial charge >= 0.3 is 17.9 Å². The molecule has 1 aromatic rings. The van der Waals surface area contributed by atoms with Crippen molar-refractivity contribution in [3.05, 3.63) is 34.9 Å². The minimum atomic E-state index is -0.347. The van der Waals surface area contributed by atoms with E-state index in [1.54, 1.807) is 0 Å². The van der Waals surface area contributed by atoms with Crippen LogP contribution >= 0.6 is 0 Å². The van der Waals surface area contributed by atoms with Crippen molar-refractivity contribution < 1.29 is 28.6 Å². The number of likely N-dealkylation sites (tertiary alicyclic amines) is 3. The number of rotatable bonds is 12. The molecule has 9 nitrogen and oxygen atoms in total. The number of esters is 3. The van der Waals surface area contributed by atoms with E-state index in [1.165, 1.54) is 0 Å². The van der Waals surface area contributed by atoms with Gasteiger partial charge in [0.1, 0.15) is 0 Å². The third-order valence-electron chi connectivity index (χ3n) is 14.2. The molecule has 3 unspecified atom stereocenters. The minimum Gasteiger partial charge on any atom is -0.465 e. The van der Waals surface area contributed by atoms with Gasteiger partial charge in [-0.2, -0.15) is 0 Å². The standard InChI is InChI=1S/C42H69N3O6/c1-37(2)22-31(40(7,8)43(37)13)25-49-34(46)19-28-16-17-29(20-35(47)50-26-32-23-38(3,4)44(14)41(32,9)10)30(18-28)21-36(48)51-27-33-24-39(5,6)45(15)42(33,11)12/h16-18,31-33H,19-27H2,1-15H3. The first-order chi connectivity index (χ1) is 23.2. The third kappa shape index (κ3) is 8.67. The van der Waals surface area contributed by atoms with Crippen LogP contribution in [-0.2, 0) is 47.9 Å². The number of hydrogen-bond donors (Lipinski definition) is 0. The van der Waals surface area contributed by atoms with Crippen LogP contribution in [0.2, 0.25) is 0 Å².